The van der Waals surface area contributed by atoms with Crippen LogP contribution in [0.3, 0.4) is 0 Å². The molecule has 9 nitrogen and oxygen atoms in total. The maximum Gasteiger partial charge on any atom is 0.416 e. The van der Waals surface area contributed by atoms with Crippen molar-refractivity contribution in [1.82, 2.24) is 14.8 Å². The first kappa shape index (κ1) is 35.1. The summed E-state index contributed by atoms with van der Waals surface area (Å²) in [4.78, 5) is 52.8. The highest BCUT2D eigenvalue weighted by atomic mass is 19.4. The summed E-state index contributed by atoms with van der Waals surface area (Å²) in [6, 6.07) is 12.7. The van der Waals surface area contributed by atoms with Crippen LogP contribution in [0.4, 0.5) is 34.8 Å². The van der Waals surface area contributed by atoms with Gasteiger partial charge in [0.15, 0.2) is 0 Å². The van der Waals surface area contributed by atoms with E-state index < -0.39 is 41.3 Å². The van der Waals surface area contributed by atoms with Crippen LogP contribution in [0.2, 0.25) is 0 Å². The Morgan fingerprint density at radius 3 is 2.52 bits per heavy atom. The van der Waals surface area contributed by atoms with E-state index in [1.807, 2.05) is 54.2 Å². The lowest BCUT2D eigenvalue weighted by Crippen LogP contribution is -2.52. The molecule has 3 aliphatic rings. The molecule has 2 saturated heterocycles. The maximum atomic E-state index is 15.7. The molecule has 0 bridgehead atoms. The first-order chi connectivity index (χ1) is 23.7. The average Bonchev–Trinajstić information content (AvgIpc) is 3.67. The summed E-state index contributed by atoms with van der Waals surface area (Å²) in [6.45, 7) is 3.06. The van der Waals surface area contributed by atoms with Gasteiger partial charge in [0.2, 0.25) is 17.7 Å². The molecule has 0 aliphatic carbocycles. The van der Waals surface area contributed by atoms with Crippen molar-refractivity contribution in [3.05, 3.63) is 95.0 Å². The van der Waals surface area contributed by atoms with Gasteiger partial charge in [-0.3, -0.25) is 19.3 Å². The van der Waals surface area contributed by atoms with Crippen molar-refractivity contribution in [2.45, 2.75) is 51.0 Å². The largest absolute Gasteiger partial charge is 0.416 e. The number of halogens is 4. The topological polar surface area (TPSA) is 80.3 Å². The zero-order valence-corrected chi connectivity index (χ0v) is 28.5. The first-order valence-electron chi connectivity index (χ1n) is 16.6. The van der Waals surface area contributed by atoms with Crippen LogP contribution in [0.25, 0.3) is 0 Å². The fourth-order valence-corrected chi connectivity index (χ4v) is 7.31. The number of likely N-dealkylation sites (N-methyl/N-ethyl adjacent to an activating group) is 2. The van der Waals surface area contributed by atoms with E-state index in [0.29, 0.717) is 13.1 Å². The minimum Gasteiger partial charge on any atom is -0.363 e. The summed E-state index contributed by atoms with van der Waals surface area (Å²) in [5.74, 6) is -2.56. The molecule has 0 unspecified atom stereocenters. The third-order valence-electron chi connectivity index (χ3n) is 9.63. The SMILES string of the molecule is Cc1cc(C(F)(F)F)cc(N2C(=O)C[C@@H]3CN(Cc4ccc([C@H]5CCCN5C(=O)/C=C/CN(C)C)cc4)c4c(F)cccc4N(C)C(=O)[C@H]32)n1. The van der Waals surface area contributed by atoms with Gasteiger partial charge in [0.1, 0.15) is 17.7 Å². The lowest BCUT2D eigenvalue weighted by atomic mass is 9.95. The smallest absolute Gasteiger partial charge is 0.363 e. The number of amides is 3. The predicted octanol–water partition coefficient (Wildman–Crippen LogP) is 5.73. The number of carbonyl (C=O) groups excluding carboxylic acids is 3. The molecule has 2 aromatic carbocycles. The van der Waals surface area contributed by atoms with Crippen LogP contribution in [0.15, 0.2) is 66.7 Å². The summed E-state index contributed by atoms with van der Waals surface area (Å²) >= 11 is 0. The highest BCUT2D eigenvalue weighted by Crippen LogP contribution is 2.42. The van der Waals surface area contributed by atoms with E-state index in [-0.39, 0.29) is 54.3 Å². The number of rotatable bonds is 7. The van der Waals surface area contributed by atoms with E-state index in [4.69, 9.17) is 0 Å². The van der Waals surface area contributed by atoms with Crippen LogP contribution in [0.5, 0.6) is 0 Å². The predicted molar refractivity (Wildman–Crippen MR) is 182 cm³/mol. The summed E-state index contributed by atoms with van der Waals surface area (Å²) in [5.41, 5.74) is 1.40. The Kier molecular flexibility index (Phi) is 9.71. The number of anilines is 3. The van der Waals surface area contributed by atoms with Crippen molar-refractivity contribution in [3.63, 3.8) is 0 Å². The number of aryl methyl sites for hydroxylation is 1. The molecule has 50 heavy (non-hydrogen) atoms. The third kappa shape index (κ3) is 6.96. The molecular weight excluding hydrogens is 652 g/mol. The van der Waals surface area contributed by atoms with E-state index in [2.05, 4.69) is 4.98 Å². The monoisotopic (exact) mass is 692 g/mol. The number of aromatic nitrogens is 1. The van der Waals surface area contributed by atoms with Gasteiger partial charge in [-0.2, -0.15) is 13.2 Å². The van der Waals surface area contributed by atoms with Crippen molar-refractivity contribution < 1.29 is 31.9 Å². The molecule has 3 aliphatic heterocycles. The maximum absolute atomic E-state index is 15.7. The quantitative estimate of drug-likeness (QED) is 0.233. The number of hydrogen-bond donors (Lipinski definition) is 0. The van der Waals surface area contributed by atoms with E-state index in [9.17, 15) is 27.6 Å². The molecule has 264 valence electrons. The highest BCUT2D eigenvalue weighted by molar-refractivity contribution is 6.10. The molecule has 3 atom stereocenters. The fourth-order valence-electron chi connectivity index (χ4n) is 7.31. The zero-order valence-electron chi connectivity index (χ0n) is 28.5. The van der Waals surface area contributed by atoms with Gasteiger partial charge < -0.3 is 19.6 Å². The normalized spacial score (nSPS) is 21.3. The van der Waals surface area contributed by atoms with Gasteiger partial charge in [-0.25, -0.2) is 9.37 Å². The Hall–Kier alpha value is -4.78. The van der Waals surface area contributed by atoms with Crippen LogP contribution in [-0.4, -0.2) is 79.3 Å². The third-order valence-corrected chi connectivity index (χ3v) is 9.63. The minimum atomic E-state index is -4.68. The molecule has 6 rings (SSSR count). The Labute approximate surface area is 288 Å². The number of pyridine rings is 1. The van der Waals surface area contributed by atoms with Crippen LogP contribution < -0.4 is 14.7 Å². The molecule has 1 aromatic heterocycles. The van der Waals surface area contributed by atoms with Crippen molar-refractivity contribution in [2.75, 3.05) is 55.5 Å². The molecule has 3 amide bonds. The Morgan fingerprint density at radius 1 is 1.08 bits per heavy atom. The molecule has 0 spiro atoms. The second-order valence-corrected chi connectivity index (χ2v) is 13.5. The van der Waals surface area contributed by atoms with E-state index in [1.54, 1.807) is 17.0 Å². The fraction of sp³-hybridized carbons (Fsp3) is 0.405. The van der Waals surface area contributed by atoms with Gasteiger partial charge in [-0.05, 0) is 69.3 Å². The number of alkyl halides is 3. The van der Waals surface area contributed by atoms with E-state index in [1.165, 1.54) is 31.0 Å². The number of benzene rings is 2. The van der Waals surface area contributed by atoms with Gasteiger partial charge in [-0.15, -0.1) is 0 Å². The summed E-state index contributed by atoms with van der Waals surface area (Å²) in [6.07, 6.45) is 0.397. The average molecular weight is 693 g/mol. The van der Waals surface area contributed by atoms with Crippen molar-refractivity contribution in [2.24, 2.45) is 5.92 Å². The number of carbonyl (C=O) groups is 3. The summed E-state index contributed by atoms with van der Waals surface area (Å²) < 4.78 is 57.0. The van der Waals surface area contributed by atoms with Crippen molar-refractivity contribution in [3.8, 4) is 0 Å². The Balaban J connectivity index is 1.30. The van der Waals surface area contributed by atoms with Crippen LogP contribution in [0.1, 0.15) is 47.7 Å². The summed E-state index contributed by atoms with van der Waals surface area (Å²) in [5, 5.41) is 0. The second-order valence-electron chi connectivity index (χ2n) is 13.5. The Morgan fingerprint density at radius 2 is 1.82 bits per heavy atom. The molecule has 13 heteroatoms. The van der Waals surface area contributed by atoms with Gasteiger partial charge in [0.05, 0.1) is 23.0 Å². The Bertz CT molecular complexity index is 1810. The standard InChI is InChI=1S/C37H40F4N6O3/c1-23-18-27(37(39,40)41)20-31(42-23)47-33(49)19-26-22-45(35-28(38)8-5-9-30(35)44(4)36(50)34(26)47)21-24-12-14-25(15-13-24)29-10-6-17-46(29)32(48)11-7-16-43(2)3/h5,7-9,11-15,18,20,26,29,34H,6,10,16-17,19,21-22H2,1-4H3/b11-7+/t26-,29-,34+/m1/s1. The number of likely N-dealkylation sites (tertiary alicyclic amines) is 1. The lowest BCUT2D eigenvalue weighted by molar-refractivity contribution is -0.137. The van der Waals surface area contributed by atoms with Gasteiger partial charge >= 0.3 is 6.18 Å². The van der Waals surface area contributed by atoms with Gasteiger partial charge in [0, 0.05) is 57.3 Å². The molecule has 0 radical (unpaired) electrons. The molecule has 3 aromatic rings. The van der Waals surface area contributed by atoms with E-state index >= 15 is 4.39 Å². The molecule has 0 N–H and O–H groups in total. The van der Waals surface area contributed by atoms with Crippen LogP contribution >= 0.6 is 0 Å². The number of nitrogens with zero attached hydrogens (tertiary/aromatic N) is 6. The number of para-hydroxylation sites is 1. The van der Waals surface area contributed by atoms with Crippen molar-refractivity contribution in [1.29, 1.82) is 0 Å². The van der Waals surface area contributed by atoms with Crippen LogP contribution in [-0.2, 0) is 27.1 Å². The van der Waals surface area contributed by atoms with Crippen molar-refractivity contribution >= 4 is 34.9 Å². The lowest BCUT2D eigenvalue weighted by Gasteiger charge is -2.39. The van der Waals surface area contributed by atoms with E-state index in [0.717, 1.165) is 41.0 Å². The van der Waals surface area contributed by atoms with Gasteiger partial charge in [-0.1, -0.05) is 36.4 Å². The molecular formula is C37H40F4N6O3. The molecule has 0 saturated carbocycles. The minimum absolute atomic E-state index is 0.0324. The van der Waals surface area contributed by atoms with Gasteiger partial charge in [0.25, 0.3) is 0 Å². The summed E-state index contributed by atoms with van der Waals surface area (Å²) in [7, 11) is 5.35. The highest BCUT2D eigenvalue weighted by Gasteiger charge is 2.49. The number of fused-ring (bicyclic) bond motifs is 2. The zero-order chi connectivity index (χ0) is 35.9. The van der Waals surface area contributed by atoms with Crippen LogP contribution in [0, 0.1) is 18.7 Å². The second kappa shape index (κ2) is 13.9. The number of hydrogen-bond acceptors (Lipinski definition) is 6. The molecule has 4 heterocycles. The first-order valence-corrected chi connectivity index (χ1v) is 16.6. The molecule has 2 fully saturated rings.